The zero-order valence-electron chi connectivity index (χ0n) is 16.9. The molecule has 0 fully saturated rings. The first-order valence-corrected chi connectivity index (χ1v) is 11.1. The number of benzene rings is 2. The maximum Gasteiger partial charge on any atom is 0.221 e. The van der Waals surface area contributed by atoms with Gasteiger partial charge in [-0.25, -0.2) is 4.39 Å². The van der Waals surface area contributed by atoms with Crippen molar-refractivity contribution in [3.05, 3.63) is 80.9 Å². The molecule has 2 heterocycles. The number of halogens is 2. The molecule has 3 aromatic rings. The van der Waals surface area contributed by atoms with Gasteiger partial charge in [-0.15, -0.1) is 11.3 Å². The topological polar surface area (TPSA) is 61.8 Å². The number of ether oxygens (including phenoxy) is 1. The number of fused-ring (bicyclic) bond motifs is 1. The number of aliphatic hydroxyl groups excluding tert-OH is 1. The van der Waals surface area contributed by atoms with Crippen molar-refractivity contribution in [2.45, 2.75) is 26.1 Å². The number of nitrogens with one attached hydrogen (secondary N) is 1. The van der Waals surface area contributed by atoms with Crippen molar-refractivity contribution < 1.29 is 19.0 Å². The second kappa shape index (κ2) is 9.36. The molecule has 162 valence electrons. The second-order valence-electron chi connectivity index (χ2n) is 7.41. The number of carbonyl (C=O) groups is 1. The number of hydrogen-bond donors (Lipinski definition) is 2. The van der Waals surface area contributed by atoms with E-state index in [1.165, 1.54) is 19.1 Å². The van der Waals surface area contributed by atoms with E-state index in [0.717, 1.165) is 27.7 Å². The summed E-state index contributed by atoms with van der Waals surface area (Å²) in [4.78, 5) is 14.6. The average Bonchev–Trinajstić information content (AvgIpc) is 3.03. The van der Waals surface area contributed by atoms with Gasteiger partial charge in [0.05, 0.1) is 5.00 Å². The average molecular weight is 461 g/mol. The molecule has 4 rings (SSSR count). The van der Waals surface area contributed by atoms with E-state index in [1.54, 1.807) is 23.5 Å². The van der Waals surface area contributed by atoms with Crippen LogP contribution < -0.4 is 10.1 Å². The van der Waals surface area contributed by atoms with Crippen LogP contribution in [0.15, 0.2) is 48.5 Å². The summed E-state index contributed by atoms with van der Waals surface area (Å²) in [7, 11) is 0. The molecule has 0 saturated heterocycles. The summed E-state index contributed by atoms with van der Waals surface area (Å²) in [5.41, 5.74) is 1.54. The molecule has 2 N–H and O–H groups in total. The number of aliphatic hydroxyl groups is 1. The molecule has 0 unspecified atom stereocenters. The fourth-order valence-electron chi connectivity index (χ4n) is 3.64. The summed E-state index contributed by atoms with van der Waals surface area (Å²) in [5, 5.41) is 14.6. The fraction of sp³-hybridized carbons (Fsp3) is 0.261. The highest BCUT2D eigenvalue weighted by Gasteiger charge is 2.22. The van der Waals surface area contributed by atoms with E-state index in [-0.39, 0.29) is 16.5 Å². The van der Waals surface area contributed by atoms with Crippen molar-refractivity contribution in [3.63, 3.8) is 0 Å². The van der Waals surface area contributed by atoms with Crippen LogP contribution >= 0.6 is 22.9 Å². The number of rotatable bonds is 5. The van der Waals surface area contributed by atoms with Crippen molar-refractivity contribution in [2.24, 2.45) is 0 Å². The standard InChI is InChI=1S/C23H22ClFN2O3S/c1-14(28)26-21-8-6-17(31-21)13-27-9-10-30-20-7-5-15(11-16(20)12-27)23(29)22-18(24)3-2-4-19(22)25/h2-8,11,23,29H,9-10,12-13H2,1H3,(H,26,28)/t23-/m1/s1. The number of amides is 1. The van der Waals surface area contributed by atoms with E-state index < -0.39 is 11.9 Å². The molecule has 0 saturated carbocycles. The number of carbonyl (C=O) groups excluding carboxylic acids is 1. The van der Waals surface area contributed by atoms with Crippen LogP contribution in [0.3, 0.4) is 0 Å². The summed E-state index contributed by atoms with van der Waals surface area (Å²) in [5.74, 6) is 0.121. The van der Waals surface area contributed by atoms with Crippen LogP contribution in [0.1, 0.15) is 34.6 Å². The SMILES string of the molecule is CC(=O)Nc1ccc(CN2CCOc3ccc([C@@H](O)c4c(F)cccc4Cl)cc3C2)s1. The van der Waals surface area contributed by atoms with Gasteiger partial charge in [0.1, 0.15) is 24.3 Å². The molecule has 0 aliphatic carbocycles. The Hall–Kier alpha value is -2.45. The summed E-state index contributed by atoms with van der Waals surface area (Å²) in [6, 6.07) is 13.7. The van der Waals surface area contributed by atoms with Gasteiger partial charge in [0.2, 0.25) is 5.91 Å². The molecular formula is C23H22ClFN2O3S. The molecule has 1 atom stereocenters. The Balaban J connectivity index is 1.54. The molecule has 0 spiro atoms. The van der Waals surface area contributed by atoms with Gasteiger partial charge < -0.3 is 15.2 Å². The largest absolute Gasteiger partial charge is 0.492 e. The van der Waals surface area contributed by atoms with Gasteiger partial charge in [0.25, 0.3) is 0 Å². The fourth-order valence-corrected chi connectivity index (χ4v) is 4.90. The first-order chi connectivity index (χ1) is 14.9. The van der Waals surface area contributed by atoms with Crippen LogP contribution in [-0.2, 0) is 17.9 Å². The maximum atomic E-state index is 14.3. The summed E-state index contributed by atoms with van der Waals surface area (Å²) in [6.45, 7) is 4.09. The van der Waals surface area contributed by atoms with Crippen molar-refractivity contribution in [2.75, 3.05) is 18.5 Å². The van der Waals surface area contributed by atoms with Gasteiger partial charge in [-0.05, 0) is 42.0 Å². The van der Waals surface area contributed by atoms with Crippen LogP contribution in [0.4, 0.5) is 9.39 Å². The lowest BCUT2D eigenvalue weighted by atomic mass is 9.98. The zero-order chi connectivity index (χ0) is 22.0. The minimum Gasteiger partial charge on any atom is -0.492 e. The normalized spacial score (nSPS) is 15.0. The quantitative estimate of drug-likeness (QED) is 0.564. The number of hydrogen-bond acceptors (Lipinski definition) is 5. The van der Waals surface area contributed by atoms with Crippen LogP contribution in [0.2, 0.25) is 5.02 Å². The van der Waals surface area contributed by atoms with E-state index in [9.17, 15) is 14.3 Å². The summed E-state index contributed by atoms with van der Waals surface area (Å²) >= 11 is 7.67. The number of nitrogens with zero attached hydrogens (tertiary/aromatic N) is 1. The zero-order valence-corrected chi connectivity index (χ0v) is 18.5. The molecule has 0 bridgehead atoms. The van der Waals surface area contributed by atoms with E-state index >= 15 is 0 Å². The van der Waals surface area contributed by atoms with Crippen LogP contribution in [0.5, 0.6) is 5.75 Å². The van der Waals surface area contributed by atoms with E-state index in [0.29, 0.717) is 25.3 Å². The maximum absolute atomic E-state index is 14.3. The molecule has 0 radical (unpaired) electrons. The van der Waals surface area contributed by atoms with Crippen LogP contribution in [-0.4, -0.2) is 29.1 Å². The lowest BCUT2D eigenvalue weighted by Crippen LogP contribution is -2.24. The molecule has 1 aliphatic rings. The molecule has 1 amide bonds. The Morgan fingerprint density at radius 1 is 1.32 bits per heavy atom. The molecule has 8 heteroatoms. The smallest absolute Gasteiger partial charge is 0.221 e. The minimum absolute atomic E-state index is 0.0691. The molecule has 1 aromatic heterocycles. The highest BCUT2D eigenvalue weighted by Crippen LogP contribution is 2.34. The molecule has 2 aromatic carbocycles. The third-order valence-electron chi connectivity index (χ3n) is 5.07. The summed E-state index contributed by atoms with van der Waals surface area (Å²) < 4.78 is 20.2. The molecule has 5 nitrogen and oxygen atoms in total. The van der Waals surface area contributed by atoms with Crippen molar-refractivity contribution in [3.8, 4) is 5.75 Å². The van der Waals surface area contributed by atoms with Crippen LogP contribution in [0.25, 0.3) is 0 Å². The third-order valence-corrected chi connectivity index (χ3v) is 6.39. The van der Waals surface area contributed by atoms with Gasteiger partial charge in [-0.1, -0.05) is 23.7 Å². The Morgan fingerprint density at radius 3 is 2.94 bits per heavy atom. The second-order valence-corrected chi connectivity index (χ2v) is 8.99. The monoisotopic (exact) mass is 460 g/mol. The first kappa shape index (κ1) is 21.8. The van der Waals surface area contributed by atoms with Gasteiger partial charge >= 0.3 is 0 Å². The lowest BCUT2D eigenvalue weighted by molar-refractivity contribution is -0.114. The lowest BCUT2D eigenvalue weighted by Gasteiger charge is -2.19. The molecule has 31 heavy (non-hydrogen) atoms. The van der Waals surface area contributed by atoms with Crippen molar-refractivity contribution >= 4 is 33.8 Å². The van der Waals surface area contributed by atoms with E-state index in [1.807, 2.05) is 24.3 Å². The van der Waals surface area contributed by atoms with Crippen molar-refractivity contribution in [1.82, 2.24) is 4.90 Å². The predicted octanol–water partition coefficient (Wildman–Crippen LogP) is 4.98. The molecular weight excluding hydrogens is 439 g/mol. The van der Waals surface area contributed by atoms with E-state index in [4.69, 9.17) is 16.3 Å². The van der Waals surface area contributed by atoms with Gasteiger partial charge in [-0.3, -0.25) is 9.69 Å². The van der Waals surface area contributed by atoms with Crippen LogP contribution in [0, 0.1) is 5.82 Å². The molecule has 1 aliphatic heterocycles. The van der Waals surface area contributed by atoms with Gasteiger partial charge in [0, 0.05) is 47.6 Å². The summed E-state index contributed by atoms with van der Waals surface area (Å²) in [6.07, 6.45) is -1.17. The predicted molar refractivity (Wildman–Crippen MR) is 120 cm³/mol. The van der Waals surface area contributed by atoms with E-state index in [2.05, 4.69) is 10.2 Å². The Labute approximate surface area is 189 Å². The highest BCUT2D eigenvalue weighted by molar-refractivity contribution is 7.16. The Kier molecular flexibility index (Phi) is 6.57. The Morgan fingerprint density at radius 2 is 2.16 bits per heavy atom. The van der Waals surface area contributed by atoms with Gasteiger partial charge in [-0.2, -0.15) is 0 Å². The first-order valence-electron chi connectivity index (χ1n) is 9.87. The van der Waals surface area contributed by atoms with Gasteiger partial charge in [0.15, 0.2) is 0 Å². The minimum atomic E-state index is -1.17. The number of thiophene rings is 1. The Bertz CT molecular complexity index is 1080. The van der Waals surface area contributed by atoms with Crippen molar-refractivity contribution in [1.29, 1.82) is 0 Å². The third kappa shape index (κ3) is 5.07. The number of anilines is 1. The highest BCUT2D eigenvalue weighted by atomic mass is 35.5.